The molecular formula is C20H26N6O5. The van der Waals surface area contributed by atoms with Gasteiger partial charge in [0.15, 0.2) is 0 Å². The van der Waals surface area contributed by atoms with Gasteiger partial charge < -0.3 is 30.5 Å². The van der Waals surface area contributed by atoms with Crippen molar-refractivity contribution in [2.75, 3.05) is 11.9 Å². The van der Waals surface area contributed by atoms with Gasteiger partial charge in [-0.2, -0.15) is 5.10 Å². The van der Waals surface area contributed by atoms with Crippen LogP contribution in [0.1, 0.15) is 18.4 Å². The number of rotatable bonds is 7. The Bertz CT molecular complexity index is 906. The molecule has 2 aliphatic heterocycles. The molecule has 2 aromatic rings. The monoisotopic (exact) mass is 430 g/mol. The summed E-state index contributed by atoms with van der Waals surface area (Å²) in [6.45, 7) is 0.542. The van der Waals surface area contributed by atoms with E-state index in [1.807, 2.05) is 13.2 Å². The molecule has 2 saturated heterocycles. The van der Waals surface area contributed by atoms with Crippen molar-refractivity contribution in [1.82, 2.24) is 25.4 Å². The van der Waals surface area contributed by atoms with Gasteiger partial charge in [0.2, 0.25) is 5.91 Å². The number of aromatic nitrogens is 3. The first kappa shape index (κ1) is 21.2. The molecule has 4 N–H and O–H groups in total. The molecule has 0 unspecified atom stereocenters. The van der Waals surface area contributed by atoms with Crippen LogP contribution in [0.4, 0.5) is 10.5 Å². The number of anilines is 1. The third-order valence-electron chi connectivity index (χ3n) is 5.32. The number of nitrogens with one attached hydrogen (secondary N) is 3. The summed E-state index contributed by atoms with van der Waals surface area (Å²) in [5.74, 6) is -0.131. The lowest BCUT2D eigenvalue weighted by Crippen LogP contribution is -2.42. The van der Waals surface area contributed by atoms with Gasteiger partial charge in [-0.1, -0.05) is 0 Å². The number of fused-ring (bicyclic) bond motifs is 1. The number of pyridine rings is 1. The van der Waals surface area contributed by atoms with Crippen molar-refractivity contribution in [3.8, 4) is 0 Å². The zero-order valence-corrected chi connectivity index (χ0v) is 17.1. The lowest BCUT2D eigenvalue weighted by Gasteiger charge is -2.20. The van der Waals surface area contributed by atoms with Crippen molar-refractivity contribution in [1.29, 1.82) is 0 Å². The fourth-order valence-electron chi connectivity index (χ4n) is 3.86. The molecule has 11 heteroatoms. The normalized spacial score (nSPS) is 27.0. The highest BCUT2D eigenvalue weighted by molar-refractivity contribution is 5.88. The molecule has 2 fully saturated rings. The van der Waals surface area contributed by atoms with Crippen LogP contribution in [0.15, 0.2) is 36.9 Å². The highest BCUT2D eigenvalue weighted by atomic mass is 16.6. The molecule has 0 saturated carbocycles. The van der Waals surface area contributed by atoms with Crippen molar-refractivity contribution >= 4 is 17.6 Å². The quantitative estimate of drug-likeness (QED) is 0.482. The van der Waals surface area contributed by atoms with Gasteiger partial charge in [0.25, 0.3) is 0 Å². The number of aliphatic hydroxyl groups excluding tert-OH is 1. The fourth-order valence-corrected chi connectivity index (χ4v) is 3.86. The molecule has 0 aliphatic carbocycles. The minimum absolute atomic E-state index is 0.131. The Labute approximate surface area is 179 Å². The van der Waals surface area contributed by atoms with Gasteiger partial charge in [0.1, 0.15) is 18.3 Å². The number of hydrogen-bond acceptors (Lipinski definition) is 7. The molecule has 166 valence electrons. The third kappa shape index (κ3) is 5.37. The summed E-state index contributed by atoms with van der Waals surface area (Å²) in [7, 11) is 1.82. The van der Waals surface area contributed by atoms with E-state index in [4.69, 9.17) is 9.47 Å². The molecule has 5 atom stereocenters. The van der Waals surface area contributed by atoms with Gasteiger partial charge in [0, 0.05) is 44.5 Å². The minimum Gasteiger partial charge on any atom is -0.388 e. The Morgan fingerprint density at radius 3 is 2.87 bits per heavy atom. The number of urea groups is 1. The van der Waals surface area contributed by atoms with Crippen molar-refractivity contribution in [2.45, 2.75) is 49.9 Å². The second kappa shape index (κ2) is 9.41. The third-order valence-corrected chi connectivity index (χ3v) is 5.32. The van der Waals surface area contributed by atoms with Crippen LogP contribution in [0.25, 0.3) is 0 Å². The number of aliphatic hydroxyl groups is 1. The van der Waals surface area contributed by atoms with Crippen molar-refractivity contribution in [3.05, 3.63) is 42.5 Å². The van der Waals surface area contributed by atoms with E-state index in [2.05, 4.69) is 26.0 Å². The molecule has 31 heavy (non-hydrogen) atoms. The minimum atomic E-state index is -0.882. The smallest absolute Gasteiger partial charge is 0.319 e. The second-order valence-corrected chi connectivity index (χ2v) is 7.74. The van der Waals surface area contributed by atoms with Crippen molar-refractivity contribution in [2.24, 2.45) is 7.05 Å². The van der Waals surface area contributed by atoms with Crippen molar-refractivity contribution in [3.63, 3.8) is 0 Å². The van der Waals surface area contributed by atoms with Gasteiger partial charge in [-0.15, -0.1) is 0 Å². The van der Waals surface area contributed by atoms with Gasteiger partial charge in [-0.3, -0.25) is 14.5 Å². The van der Waals surface area contributed by atoms with Crippen LogP contribution in [-0.2, 0) is 27.9 Å². The molecule has 0 bridgehead atoms. The van der Waals surface area contributed by atoms with E-state index in [0.717, 1.165) is 5.56 Å². The Morgan fingerprint density at radius 1 is 1.29 bits per heavy atom. The number of carbonyl (C=O) groups is 2. The maximum atomic E-state index is 12.2. The number of aryl methyl sites for hydroxylation is 1. The number of carbonyl (C=O) groups excluding carboxylic acids is 2. The maximum Gasteiger partial charge on any atom is 0.319 e. The molecule has 2 aliphatic rings. The van der Waals surface area contributed by atoms with E-state index in [1.54, 1.807) is 29.2 Å². The van der Waals surface area contributed by atoms with Gasteiger partial charge in [0.05, 0.1) is 36.7 Å². The fraction of sp³-hybridized carbons (Fsp3) is 0.500. The highest BCUT2D eigenvalue weighted by Crippen LogP contribution is 2.35. The summed E-state index contributed by atoms with van der Waals surface area (Å²) < 4.78 is 13.4. The Balaban J connectivity index is 1.18. The predicted octanol–water partition coefficient (Wildman–Crippen LogP) is -0.0711. The summed E-state index contributed by atoms with van der Waals surface area (Å²) in [5.41, 5.74) is 1.49. The zero-order chi connectivity index (χ0) is 21.8. The number of ether oxygens (including phenoxy) is 2. The van der Waals surface area contributed by atoms with E-state index < -0.39 is 24.3 Å². The van der Waals surface area contributed by atoms with E-state index in [0.29, 0.717) is 18.7 Å². The molecule has 4 rings (SSSR count). The summed E-state index contributed by atoms with van der Waals surface area (Å²) >= 11 is 0. The standard InChI is InChI=1S/C20H26N6O5/c1-26-11-12(8-24-26)7-22-17(27)6-14-5-15-19(30-14)18(28)16(31-15)10-23-20(29)25-13-3-2-4-21-9-13/h2-4,8-9,11,14-16,18-19,28H,5-7,10H2,1H3,(H,22,27)(H2,23,25,29)/t14-,15+,16+,18+,19-/m0/s1. The van der Waals surface area contributed by atoms with Crippen LogP contribution >= 0.6 is 0 Å². The zero-order valence-electron chi connectivity index (χ0n) is 17.1. The molecule has 0 radical (unpaired) electrons. The highest BCUT2D eigenvalue weighted by Gasteiger charge is 2.50. The second-order valence-electron chi connectivity index (χ2n) is 7.74. The number of nitrogens with zero attached hydrogens (tertiary/aromatic N) is 3. The van der Waals surface area contributed by atoms with Gasteiger partial charge in [-0.05, 0) is 12.1 Å². The molecule has 3 amide bonds. The molecule has 11 nitrogen and oxygen atoms in total. The number of amides is 3. The Kier molecular flexibility index (Phi) is 6.44. The predicted molar refractivity (Wildman–Crippen MR) is 109 cm³/mol. The van der Waals surface area contributed by atoms with Crippen molar-refractivity contribution < 1.29 is 24.2 Å². The lowest BCUT2D eigenvalue weighted by atomic mass is 10.1. The maximum absolute atomic E-state index is 12.2. The molecule has 2 aromatic heterocycles. The summed E-state index contributed by atoms with van der Waals surface area (Å²) in [4.78, 5) is 28.1. The molecule has 4 heterocycles. The summed E-state index contributed by atoms with van der Waals surface area (Å²) in [5, 5.41) is 22.8. The Morgan fingerprint density at radius 2 is 2.16 bits per heavy atom. The van der Waals surface area contributed by atoms with Crippen LogP contribution in [0.2, 0.25) is 0 Å². The molecular weight excluding hydrogens is 404 g/mol. The first-order valence-corrected chi connectivity index (χ1v) is 10.2. The Hall–Kier alpha value is -3.02. The summed E-state index contributed by atoms with van der Waals surface area (Å²) in [6.07, 6.45) is 4.80. The molecule has 0 spiro atoms. The van der Waals surface area contributed by atoms with E-state index in [9.17, 15) is 14.7 Å². The van der Waals surface area contributed by atoms with Crippen LogP contribution in [0, 0.1) is 0 Å². The first-order chi connectivity index (χ1) is 15.0. The average Bonchev–Trinajstić information content (AvgIpc) is 3.42. The van der Waals surface area contributed by atoms with Crippen LogP contribution in [0.3, 0.4) is 0 Å². The topological polar surface area (TPSA) is 140 Å². The van der Waals surface area contributed by atoms with E-state index >= 15 is 0 Å². The van der Waals surface area contributed by atoms with E-state index in [-0.39, 0.29) is 31.1 Å². The average molecular weight is 430 g/mol. The first-order valence-electron chi connectivity index (χ1n) is 10.2. The molecule has 0 aromatic carbocycles. The van der Waals surface area contributed by atoms with Crippen LogP contribution in [-0.4, -0.2) is 68.9 Å². The summed E-state index contributed by atoms with van der Waals surface area (Å²) in [6, 6.07) is 3.02. The van der Waals surface area contributed by atoms with E-state index in [1.165, 1.54) is 6.20 Å². The number of hydrogen-bond donors (Lipinski definition) is 4. The van der Waals surface area contributed by atoms with Crippen LogP contribution < -0.4 is 16.0 Å². The lowest BCUT2D eigenvalue weighted by molar-refractivity contribution is -0.124. The van der Waals surface area contributed by atoms with Gasteiger partial charge >= 0.3 is 6.03 Å². The van der Waals surface area contributed by atoms with Crippen LogP contribution in [0.5, 0.6) is 0 Å². The SMILES string of the molecule is Cn1cc(CNC(=O)C[C@@H]2C[C@H]3O[C@H](CNC(=O)Nc4cccnc4)[C@@H](O)[C@H]3O2)cn1. The largest absolute Gasteiger partial charge is 0.388 e. The van der Waals surface area contributed by atoms with Gasteiger partial charge in [-0.25, -0.2) is 4.79 Å².